The highest BCUT2D eigenvalue weighted by atomic mass is 16.5. The van der Waals surface area contributed by atoms with Crippen molar-refractivity contribution in [1.82, 2.24) is 4.98 Å². The molecule has 23 heavy (non-hydrogen) atoms. The van der Waals surface area contributed by atoms with Gasteiger partial charge in [0, 0.05) is 11.6 Å². The molecule has 3 rings (SSSR count). The largest absolute Gasteiger partial charge is 0.465 e. The molecule has 0 saturated heterocycles. The third-order valence-electron chi connectivity index (χ3n) is 3.32. The van der Waals surface area contributed by atoms with Gasteiger partial charge in [0.05, 0.1) is 18.2 Å². The van der Waals surface area contributed by atoms with Crippen LogP contribution in [-0.2, 0) is 4.74 Å². The van der Waals surface area contributed by atoms with Crippen LogP contribution in [0.15, 0.2) is 60.8 Å². The number of nitrogens with zero attached hydrogens (tertiary/aromatic N) is 1. The molecule has 0 radical (unpaired) electrons. The summed E-state index contributed by atoms with van der Waals surface area (Å²) in [7, 11) is 1.29. The molecular formula is C18H13NO4. The number of hydrogen-bond acceptors (Lipinski definition) is 5. The van der Waals surface area contributed by atoms with Crippen LogP contribution in [0.3, 0.4) is 0 Å². The van der Waals surface area contributed by atoms with Crippen LogP contribution in [0.2, 0.25) is 0 Å². The number of carbonyl (C=O) groups excluding carboxylic acids is 2. The molecule has 2 aromatic carbocycles. The van der Waals surface area contributed by atoms with E-state index in [1.807, 2.05) is 18.2 Å². The number of aromatic nitrogens is 1. The Balaban J connectivity index is 1.91. The number of fused-ring (bicyclic) bond motifs is 1. The minimum atomic E-state index is -0.561. The zero-order valence-corrected chi connectivity index (χ0v) is 12.4. The van der Waals surface area contributed by atoms with Gasteiger partial charge >= 0.3 is 11.9 Å². The molecule has 0 saturated carbocycles. The zero-order valence-electron chi connectivity index (χ0n) is 12.4. The fourth-order valence-corrected chi connectivity index (χ4v) is 2.21. The number of rotatable bonds is 3. The van der Waals surface area contributed by atoms with Gasteiger partial charge in [0.2, 0.25) is 0 Å². The summed E-state index contributed by atoms with van der Waals surface area (Å²) in [5.41, 5.74) is 1.16. The van der Waals surface area contributed by atoms with E-state index in [1.165, 1.54) is 13.2 Å². The zero-order chi connectivity index (χ0) is 16.2. The quantitative estimate of drug-likeness (QED) is 0.549. The van der Waals surface area contributed by atoms with Crippen LogP contribution >= 0.6 is 0 Å². The summed E-state index contributed by atoms with van der Waals surface area (Å²) in [6.45, 7) is 0. The molecular weight excluding hydrogens is 294 g/mol. The predicted octanol–water partition coefficient (Wildman–Crippen LogP) is 3.24. The first-order chi connectivity index (χ1) is 11.2. The molecule has 1 aromatic heterocycles. The van der Waals surface area contributed by atoms with E-state index in [1.54, 1.807) is 36.5 Å². The number of para-hydroxylation sites is 1. The molecule has 0 amide bonds. The normalized spacial score (nSPS) is 10.3. The van der Waals surface area contributed by atoms with Crippen LogP contribution < -0.4 is 4.74 Å². The van der Waals surface area contributed by atoms with Crippen molar-refractivity contribution in [3.05, 3.63) is 71.9 Å². The Kier molecular flexibility index (Phi) is 4.01. The van der Waals surface area contributed by atoms with Crippen LogP contribution in [0.5, 0.6) is 5.75 Å². The molecule has 5 heteroatoms. The van der Waals surface area contributed by atoms with E-state index in [4.69, 9.17) is 4.74 Å². The molecule has 3 aromatic rings. The van der Waals surface area contributed by atoms with Crippen molar-refractivity contribution in [1.29, 1.82) is 0 Å². The molecule has 5 nitrogen and oxygen atoms in total. The molecule has 1 heterocycles. The van der Waals surface area contributed by atoms with E-state index < -0.39 is 11.9 Å². The van der Waals surface area contributed by atoms with Crippen LogP contribution in [0.4, 0.5) is 0 Å². The first kappa shape index (κ1) is 14.7. The van der Waals surface area contributed by atoms with Crippen molar-refractivity contribution < 1.29 is 19.1 Å². The van der Waals surface area contributed by atoms with Gasteiger partial charge in [-0.3, -0.25) is 4.98 Å². The molecule has 0 bridgehead atoms. The SMILES string of the molecule is COC(=O)c1cccc(C(=O)Oc2cccc3cccnc23)c1. The minimum absolute atomic E-state index is 0.265. The number of pyridine rings is 1. The smallest absolute Gasteiger partial charge is 0.343 e. The van der Waals surface area contributed by atoms with Gasteiger partial charge in [-0.15, -0.1) is 0 Å². The fraction of sp³-hybridized carbons (Fsp3) is 0.0556. The average molecular weight is 307 g/mol. The Bertz CT molecular complexity index is 884. The highest BCUT2D eigenvalue weighted by Gasteiger charge is 2.14. The van der Waals surface area contributed by atoms with Crippen LogP contribution in [0.25, 0.3) is 10.9 Å². The number of esters is 2. The maximum Gasteiger partial charge on any atom is 0.343 e. The van der Waals surface area contributed by atoms with E-state index >= 15 is 0 Å². The van der Waals surface area contributed by atoms with Crippen LogP contribution in [-0.4, -0.2) is 24.0 Å². The highest BCUT2D eigenvalue weighted by Crippen LogP contribution is 2.24. The van der Waals surface area contributed by atoms with E-state index in [9.17, 15) is 9.59 Å². The Labute approximate surface area is 132 Å². The Morgan fingerprint density at radius 1 is 0.913 bits per heavy atom. The summed E-state index contributed by atoms with van der Waals surface area (Å²) in [5, 5.41) is 0.876. The third kappa shape index (κ3) is 3.03. The van der Waals surface area contributed by atoms with E-state index in [-0.39, 0.29) is 11.1 Å². The molecule has 0 aliphatic rings. The van der Waals surface area contributed by atoms with E-state index in [0.717, 1.165) is 5.39 Å². The number of ether oxygens (including phenoxy) is 2. The van der Waals surface area contributed by atoms with Gasteiger partial charge in [-0.05, 0) is 30.3 Å². The fourth-order valence-electron chi connectivity index (χ4n) is 2.21. The second kappa shape index (κ2) is 6.27. The van der Waals surface area contributed by atoms with Gasteiger partial charge in [-0.25, -0.2) is 9.59 Å². The standard InChI is InChI=1S/C18H13NO4/c1-22-17(20)13-6-2-7-14(11-13)18(21)23-15-9-3-5-12-8-4-10-19-16(12)15/h2-11H,1H3. The molecule has 0 unspecified atom stereocenters. The lowest BCUT2D eigenvalue weighted by molar-refractivity contribution is 0.0600. The van der Waals surface area contributed by atoms with Crippen molar-refractivity contribution in [3.63, 3.8) is 0 Å². The number of benzene rings is 2. The third-order valence-corrected chi connectivity index (χ3v) is 3.32. The molecule has 0 fully saturated rings. The molecule has 114 valence electrons. The van der Waals surface area contributed by atoms with Crippen molar-refractivity contribution in [2.75, 3.05) is 7.11 Å². The molecule has 0 atom stereocenters. The first-order valence-corrected chi connectivity index (χ1v) is 6.93. The lowest BCUT2D eigenvalue weighted by Gasteiger charge is -2.07. The second-order valence-corrected chi connectivity index (χ2v) is 4.79. The maximum absolute atomic E-state index is 12.3. The highest BCUT2D eigenvalue weighted by molar-refractivity contribution is 5.97. The number of carbonyl (C=O) groups is 2. The molecule has 0 aliphatic carbocycles. The molecule has 0 aliphatic heterocycles. The number of methoxy groups -OCH3 is 1. The first-order valence-electron chi connectivity index (χ1n) is 6.93. The molecule has 0 N–H and O–H groups in total. The van der Waals surface area contributed by atoms with Gasteiger partial charge in [0.25, 0.3) is 0 Å². The van der Waals surface area contributed by atoms with Crippen molar-refractivity contribution >= 4 is 22.8 Å². The summed E-state index contributed by atoms with van der Waals surface area (Å²) in [5.74, 6) is -0.697. The summed E-state index contributed by atoms with van der Waals surface area (Å²) < 4.78 is 10.1. The monoisotopic (exact) mass is 307 g/mol. The maximum atomic E-state index is 12.3. The van der Waals surface area contributed by atoms with Crippen LogP contribution in [0, 0.1) is 0 Å². The van der Waals surface area contributed by atoms with Crippen LogP contribution in [0.1, 0.15) is 20.7 Å². The van der Waals surface area contributed by atoms with Crippen molar-refractivity contribution in [3.8, 4) is 5.75 Å². The lowest BCUT2D eigenvalue weighted by atomic mass is 10.1. The Morgan fingerprint density at radius 2 is 1.61 bits per heavy atom. The van der Waals surface area contributed by atoms with Gasteiger partial charge in [0.15, 0.2) is 5.75 Å². The summed E-state index contributed by atoms with van der Waals surface area (Å²) in [4.78, 5) is 28.1. The predicted molar refractivity (Wildman–Crippen MR) is 84.5 cm³/mol. The lowest BCUT2D eigenvalue weighted by Crippen LogP contribution is -2.10. The molecule has 0 spiro atoms. The summed E-state index contributed by atoms with van der Waals surface area (Å²) >= 11 is 0. The summed E-state index contributed by atoms with van der Waals surface area (Å²) in [6, 6.07) is 15.2. The van der Waals surface area contributed by atoms with Gasteiger partial charge in [0.1, 0.15) is 5.52 Å². The Morgan fingerprint density at radius 3 is 2.39 bits per heavy atom. The Hall–Kier alpha value is -3.21. The number of hydrogen-bond donors (Lipinski definition) is 0. The second-order valence-electron chi connectivity index (χ2n) is 4.79. The average Bonchev–Trinajstić information content (AvgIpc) is 2.61. The van der Waals surface area contributed by atoms with E-state index in [2.05, 4.69) is 9.72 Å². The van der Waals surface area contributed by atoms with Gasteiger partial charge < -0.3 is 9.47 Å². The minimum Gasteiger partial charge on any atom is -0.465 e. The van der Waals surface area contributed by atoms with Gasteiger partial charge in [-0.1, -0.05) is 24.3 Å². The summed E-state index contributed by atoms with van der Waals surface area (Å²) in [6.07, 6.45) is 1.64. The van der Waals surface area contributed by atoms with Crippen molar-refractivity contribution in [2.45, 2.75) is 0 Å². The topological polar surface area (TPSA) is 65.5 Å². The van der Waals surface area contributed by atoms with Crippen molar-refractivity contribution in [2.24, 2.45) is 0 Å². The van der Waals surface area contributed by atoms with Gasteiger partial charge in [-0.2, -0.15) is 0 Å². The van der Waals surface area contributed by atoms with E-state index in [0.29, 0.717) is 11.3 Å².